The van der Waals surface area contributed by atoms with Gasteiger partial charge in [0, 0.05) is 25.5 Å². The van der Waals surface area contributed by atoms with Crippen LogP contribution < -0.4 is 11.1 Å². The van der Waals surface area contributed by atoms with Crippen LogP contribution in [0.1, 0.15) is 38.8 Å². The van der Waals surface area contributed by atoms with Gasteiger partial charge in [0.05, 0.1) is 0 Å². The van der Waals surface area contributed by atoms with Crippen LogP contribution in [0.4, 0.5) is 11.8 Å². The fourth-order valence-electron chi connectivity index (χ4n) is 1.86. The minimum atomic E-state index is 0.233. The summed E-state index contributed by atoms with van der Waals surface area (Å²) >= 11 is 0. The Hall–Kier alpha value is -2.18. The minimum Gasteiger partial charge on any atom is -0.370 e. The minimum absolute atomic E-state index is 0.233. The fourth-order valence-corrected chi connectivity index (χ4v) is 1.86. The summed E-state index contributed by atoms with van der Waals surface area (Å²) in [6, 6.07) is 1.85. The van der Waals surface area contributed by atoms with E-state index in [0.717, 1.165) is 37.5 Å². The molecule has 0 aliphatic rings. The number of nitrogens with zero attached hydrogens (tertiary/aromatic N) is 5. The molecular formula is C13H21N7. The Balaban J connectivity index is 2.40. The van der Waals surface area contributed by atoms with E-state index < -0.39 is 0 Å². The highest BCUT2D eigenvalue weighted by Gasteiger charge is 2.12. The summed E-state index contributed by atoms with van der Waals surface area (Å²) in [5, 5.41) is 7.68. The first-order valence-electron chi connectivity index (χ1n) is 7.01. The summed E-state index contributed by atoms with van der Waals surface area (Å²) in [7, 11) is 0. The maximum atomic E-state index is 5.78. The molecule has 0 spiro atoms. The van der Waals surface area contributed by atoms with Gasteiger partial charge in [0.2, 0.25) is 5.95 Å². The van der Waals surface area contributed by atoms with E-state index in [1.54, 1.807) is 4.68 Å². The van der Waals surface area contributed by atoms with Crippen molar-refractivity contribution in [2.45, 2.75) is 40.0 Å². The topological polar surface area (TPSA) is 94.5 Å². The van der Waals surface area contributed by atoms with Crippen molar-refractivity contribution >= 4 is 11.8 Å². The lowest BCUT2D eigenvalue weighted by Crippen LogP contribution is -2.10. The molecule has 108 valence electrons. The molecule has 0 bridgehead atoms. The van der Waals surface area contributed by atoms with Gasteiger partial charge in [0.1, 0.15) is 11.6 Å². The molecule has 0 radical (unpaired) electrons. The van der Waals surface area contributed by atoms with Crippen molar-refractivity contribution in [1.82, 2.24) is 24.7 Å². The Morgan fingerprint density at radius 1 is 1.15 bits per heavy atom. The van der Waals surface area contributed by atoms with Crippen LogP contribution in [0.5, 0.6) is 0 Å². The number of anilines is 2. The number of aromatic nitrogens is 5. The molecule has 0 saturated carbocycles. The molecule has 2 aromatic rings. The normalized spacial score (nSPS) is 10.8. The lowest BCUT2D eigenvalue weighted by Gasteiger charge is -2.08. The maximum absolute atomic E-state index is 5.78. The third-order valence-electron chi connectivity index (χ3n) is 2.85. The van der Waals surface area contributed by atoms with Crippen molar-refractivity contribution < 1.29 is 0 Å². The summed E-state index contributed by atoms with van der Waals surface area (Å²) in [6.45, 7) is 7.01. The van der Waals surface area contributed by atoms with E-state index in [1.165, 1.54) is 0 Å². The van der Waals surface area contributed by atoms with Crippen LogP contribution in [-0.2, 0) is 12.8 Å². The molecule has 2 aromatic heterocycles. The number of hydrogen-bond acceptors (Lipinski definition) is 6. The zero-order valence-corrected chi connectivity index (χ0v) is 12.2. The number of rotatable bonds is 6. The third-order valence-corrected chi connectivity index (χ3v) is 2.85. The van der Waals surface area contributed by atoms with E-state index in [4.69, 9.17) is 5.73 Å². The summed E-state index contributed by atoms with van der Waals surface area (Å²) < 4.78 is 1.74. The number of hydrogen-bond donors (Lipinski definition) is 2. The van der Waals surface area contributed by atoms with Crippen LogP contribution in [0.25, 0.3) is 5.82 Å². The highest BCUT2D eigenvalue weighted by Crippen LogP contribution is 2.14. The van der Waals surface area contributed by atoms with Crippen LogP contribution in [0, 0.1) is 0 Å². The zero-order chi connectivity index (χ0) is 14.5. The van der Waals surface area contributed by atoms with Gasteiger partial charge in [-0.25, -0.2) is 4.98 Å². The molecule has 0 saturated heterocycles. The van der Waals surface area contributed by atoms with E-state index in [9.17, 15) is 0 Å². The van der Waals surface area contributed by atoms with Gasteiger partial charge in [-0.1, -0.05) is 20.8 Å². The molecule has 0 aromatic carbocycles. The van der Waals surface area contributed by atoms with Crippen molar-refractivity contribution in [3.63, 3.8) is 0 Å². The van der Waals surface area contributed by atoms with Crippen molar-refractivity contribution in [2.75, 3.05) is 17.6 Å². The van der Waals surface area contributed by atoms with Crippen LogP contribution in [-0.4, -0.2) is 31.3 Å². The lowest BCUT2D eigenvalue weighted by atomic mass is 10.4. The van der Waals surface area contributed by atoms with Gasteiger partial charge in [-0.2, -0.15) is 14.6 Å². The summed E-state index contributed by atoms with van der Waals surface area (Å²) in [6.07, 6.45) is 2.60. The van der Waals surface area contributed by atoms with Gasteiger partial charge in [-0.3, -0.25) is 0 Å². The van der Waals surface area contributed by atoms with Gasteiger partial charge in [-0.05, 0) is 6.42 Å². The van der Waals surface area contributed by atoms with Gasteiger partial charge >= 0.3 is 0 Å². The molecular weight excluding hydrogens is 254 g/mol. The van der Waals surface area contributed by atoms with Crippen molar-refractivity contribution in [1.29, 1.82) is 0 Å². The Kier molecular flexibility index (Phi) is 4.49. The Morgan fingerprint density at radius 3 is 2.60 bits per heavy atom. The average Bonchev–Trinajstić information content (AvgIpc) is 2.88. The third kappa shape index (κ3) is 3.04. The first kappa shape index (κ1) is 14.2. The van der Waals surface area contributed by atoms with Gasteiger partial charge in [-0.15, -0.1) is 5.10 Å². The molecule has 20 heavy (non-hydrogen) atoms. The quantitative estimate of drug-likeness (QED) is 0.831. The molecule has 0 atom stereocenters. The molecule has 3 N–H and O–H groups in total. The second kappa shape index (κ2) is 6.31. The van der Waals surface area contributed by atoms with Crippen molar-refractivity contribution in [3.8, 4) is 5.82 Å². The second-order valence-electron chi connectivity index (χ2n) is 4.46. The summed E-state index contributed by atoms with van der Waals surface area (Å²) in [4.78, 5) is 12.9. The molecule has 0 fully saturated rings. The first-order chi connectivity index (χ1) is 9.67. The number of nitrogens with two attached hydrogens (primary N) is 1. The second-order valence-corrected chi connectivity index (χ2v) is 4.46. The smallest absolute Gasteiger partial charge is 0.224 e. The van der Waals surface area contributed by atoms with Crippen LogP contribution in [0.2, 0.25) is 0 Å². The highest BCUT2D eigenvalue weighted by atomic mass is 15.4. The molecule has 2 heterocycles. The maximum Gasteiger partial charge on any atom is 0.224 e. The predicted octanol–water partition coefficient (Wildman–Crippen LogP) is 1.59. The Labute approximate surface area is 118 Å². The van der Waals surface area contributed by atoms with E-state index >= 15 is 0 Å². The standard InChI is InChI=1S/C13H21N7/c1-4-7-15-10-8-12(18-13(14)17-10)20-11(6-3)16-9(5-2)19-20/h8H,4-7H2,1-3H3,(H3,14,15,17,18). The summed E-state index contributed by atoms with van der Waals surface area (Å²) in [5.74, 6) is 3.28. The van der Waals surface area contributed by atoms with E-state index in [-0.39, 0.29) is 5.95 Å². The SMILES string of the molecule is CCCNc1cc(-n2nc(CC)nc2CC)nc(N)n1. The van der Waals surface area contributed by atoms with Gasteiger partial charge in [0.15, 0.2) is 11.6 Å². The largest absolute Gasteiger partial charge is 0.370 e. The number of aryl methyl sites for hydroxylation is 2. The lowest BCUT2D eigenvalue weighted by molar-refractivity contribution is 0.767. The van der Waals surface area contributed by atoms with Crippen LogP contribution in [0.15, 0.2) is 6.07 Å². The molecule has 7 nitrogen and oxygen atoms in total. The Morgan fingerprint density at radius 2 is 1.95 bits per heavy atom. The fraction of sp³-hybridized carbons (Fsp3) is 0.538. The van der Waals surface area contributed by atoms with Gasteiger partial charge in [0.25, 0.3) is 0 Å². The van der Waals surface area contributed by atoms with E-state index in [1.807, 2.05) is 19.9 Å². The van der Waals surface area contributed by atoms with Crippen molar-refractivity contribution in [2.24, 2.45) is 0 Å². The molecule has 2 rings (SSSR count). The average molecular weight is 275 g/mol. The van der Waals surface area contributed by atoms with E-state index in [2.05, 4.69) is 32.3 Å². The predicted molar refractivity (Wildman–Crippen MR) is 78.9 cm³/mol. The number of nitrogens with one attached hydrogen (secondary N) is 1. The summed E-state index contributed by atoms with van der Waals surface area (Å²) in [5.41, 5.74) is 5.78. The van der Waals surface area contributed by atoms with Crippen LogP contribution >= 0.6 is 0 Å². The monoisotopic (exact) mass is 275 g/mol. The molecule has 0 amide bonds. The molecule has 7 heteroatoms. The van der Waals surface area contributed by atoms with Crippen LogP contribution in [0.3, 0.4) is 0 Å². The molecule has 0 aliphatic carbocycles. The molecule has 0 unspecified atom stereocenters. The molecule has 0 aliphatic heterocycles. The highest BCUT2D eigenvalue weighted by molar-refractivity contribution is 5.45. The first-order valence-corrected chi connectivity index (χ1v) is 7.01. The number of nitrogen functional groups attached to an aromatic ring is 1. The Bertz CT molecular complexity index is 576. The van der Waals surface area contributed by atoms with Gasteiger partial charge < -0.3 is 11.1 Å². The van der Waals surface area contributed by atoms with E-state index in [0.29, 0.717) is 11.6 Å². The zero-order valence-electron chi connectivity index (χ0n) is 12.2. The van der Waals surface area contributed by atoms with Crippen molar-refractivity contribution in [3.05, 3.63) is 17.7 Å².